The van der Waals surface area contributed by atoms with Crippen molar-refractivity contribution in [2.75, 3.05) is 13.7 Å². The summed E-state index contributed by atoms with van der Waals surface area (Å²) in [5.74, 6) is -4.03. The summed E-state index contributed by atoms with van der Waals surface area (Å²) in [5, 5.41) is 2.77. The maximum Gasteiger partial charge on any atom is 0.249 e. The molecule has 10 heteroatoms. The van der Waals surface area contributed by atoms with Crippen LogP contribution in [-0.4, -0.2) is 28.0 Å². The molecule has 1 unspecified atom stereocenters. The molecule has 4 rings (SSSR count). The van der Waals surface area contributed by atoms with Crippen LogP contribution < -0.4 is 15.8 Å². The summed E-state index contributed by atoms with van der Waals surface area (Å²) in [7, 11) is -2.99. The van der Waals surface area contributed by atoms with Gasteiger partial charge in [0.25, 0.3) is 0 Å². The molecule has 31 heavy (non-hydrogen) atoms. The number of rotatable bonds is 3. The Bertz CT molecular complexity index is 1210. The lowest BCUT2D eigenvalue weighted by Gasteiger charge is -2.47. The first-order chi connectivity index (χ1) is 14.6. The van der Waals surface area contributed by atoms with Crippen LogP contribution in [0.15, 0.2) is 52.6 Å². The van der Waals surface area contributed by atoms with E-state index in [0.717, 1.165) is 12.1 Å². The summed E-state index contributed by atoms with van der Waals surface area (Å²) in [6.45, 7) is -0.357. The highest BCUT2D eigenvalue weighted by Crippen LogP contribution is 2.57. The van der Waals surface area contributed by atoms with Crippen molar-refractivity contribution in [3.8, 4) is 5.75 Å². The fraction of sp³-hybridized carbons (Fsp3) is 0.286. The van der Waals surface area contributed by atoms with Crippen LogP contribution in [0.2, 0.25) is 5.02 Å². The summed E-state index contributed by atoms with van der Waals surface area (Å²) in [4.78, 5) is 12.5. The van der Waals surface area contributed by atoms with Crippen LogP contribution in [0.1, 0.15) is 18.4 Å². The average molecular weight is 469 g/mol. The topological polar surface area (TPSA) is 98.5 Å². The van der Waals surface area contributed by atoms with Crippen molar-refractivity contribution in [3.05, 3.63) is 69.9 Å². The molecule has 0 bridgehead atoms. The molecule has 0 saturated heterocycles. The van der Waals surface area contributed by atoms with Gasteiger partial charge in [0.1, 0.15) is 10.6 Å². The van der Waals surface area contributed by atoms with E-state index in [4.69, 9.17) is 22.1 Å². The van der Waals surface area contributed by atoms with Gasteiger partial charge in [-0.25, -0.2) is 17.2 Å². The summed E-state index contributed by atoms with van der Waals surface area (Å²) < 4.78 is 61.4. The second kappa shape index (κ2) is 7.49. The normalized spacial score (nSPS) is 22.9. The van der Waals surface area contributed by atoms with Gasteiger partial charge in [-0.2, -0.15) is 0 Å². The van der Waals surface area contributed by atoms with E-state index in [2.05, 4.69) is 5.32 Å². The van der Waals surface area contributed by atoms with E-state index < -0.39 is 49.4 Å². The van der Waals surface area contributed by atoms with Crippen LogP contribution in [0.5, 0.6) is 5.75 Å². The van der Waals surface area contributed by atoms with Crippen LogP contribution in [0, 0.1) is 17.6 Å². The maximum atomic E-state index is 15.2. The zero-order valence-electron chi connectivity index (χ0n) is 16.4. The number of carbonyl (C=O) groups excluding carboxylic acids is 1. The van der Waals surface area contributed by atoms with Gasteiger partial charge < -0.3 is 15.8 Å². The first-order valence-electron chi connectivity index (χ1n) is 9.47. The fourth-order valence-electron chi connectivity index (χ4n) is 4.56. The van der Waals surface area contributed by atoms with Gasteiger partial charge in [-0.1, -0.05) is 11.6 Å². The molecule has 0 saturated carbocycles. The predicted octanol–water partition coefficient (Wildman–Crippen LogP) is 3.05. The van der Waals surface area contributed by atoms with Crippen LogP contribution in [0.25, 0.3) is 0 Å². The number of hydrogen-bond acceptors (Lipinski definition) is 5. The maximum absolute atomic E-state index is 15.2. The molecule has 3 N–H and O–H groups in total. The average Bonchev–Trinajstić information content (AvgIpc) is 2.75. The zero-order valence-corrected chi connectivity index (χ0v) is 18.0. The van der Waals surface area contributed by atoms with E-state index in [0.29, 0.717) is 5.02 Å². The second-order valence-corrected chi connectivity index (χ2v) is 10.1. The summed E-state index contributed by atoms with van der Waals surface area (Å²) >= 11 is 5.91. The number of allylic oxidation sites excluding steroid dienone is 1. The molecule has 0 fully saturated rings. The third-order valence-corrected chi connectivity index (χ3v) is 8.77. The Kier molecular flexibility index (Phi) is 5.21. The highest BCUT2D eigenvalue weighted by Gasteiger charge is 2.61. The molecular weight excluding hydrogens is 450 g/mol. The van der Waals surface area contributed by atoms with Gasteiger partial charge in [0.15, 0.2) is 21.4 Å². The van der Waals surface area contributed by atoms with Gasteiger partial charge in [-0.3, -0.25) is 4.79 Å². The Morgan fingerprint density at radius 1 is 1.19 bits per heavy atom. The third-order valence-electron chi connectivity index (χ3n) is 5.97. The van der Waals surface area contributed by atoms with E-state index in [-0.39, 0.29) is 35.6 Å². The van der Waals surface area contributed by atoms with Crippen LogP contribution in [0.3, 0.4) is 0 Å². The molecule has 164 valence electrons. The highest BCUT2D eigenvalue weighted by atomic mass is 35.5. The Hall–Kier alpha value is -2.65. The van der Waals surface area contributed by atoms with Crippen molar-refractivity contribution in [2.24, 2.45) is 11.7 Å². The quantitative estimate of drug-likeness (QED) is 0.721. The minimum Gasteiger partial charge on any atom is -0.489 e. The Morgan fingerprint density at radius 3 is 2.48 bits per heavy atom. The lowest BCUT2D eigenvalue weighted by Crippen LogP contribution is -2.54. The predicted molar refractivity (Wildman–Crippen MR) is 110 cm³/mol. The molecule has 1 heterocycles. The Morgan fingerprint density at radius 2 is 1.84 bits per heavy atom. The first-order valence-corrected chi connectivity index (χ1v) is 11.3. The number of likely N-dealkylation sites (N-methyl/N-ethyl adjacent to an activating group) is 1. The first kappa shape index (κ1) is 21.6. The Labute approximate surface area is 182 Å². The summed E-state index contributed by atoms with van der Waals surface area (Å²) in [5.41, 5.74) is 5.86. The highest BCUT2D eigenvalue weighted by molar-refractivity contribution is 7.92. The smallest absolute Gasteiger partial charge is 0.249 e. The van der Waals surface area contributed by atoms with Gasteiger partial charge in [0.05, 0.1) is 17.1 Å². The third kappa shape index (κ3) is 3.02. The number of carbonyl (C=O) groups is 1. The molecule has 0 spiro atoms. The van der Waals surface area contributed by atoms with Crippen molar-refractivity contribution in [3.63, 3.8) is 0 Å². The number of fused-ring (bicyclic) bond motifs is 3. The Balaban J connectivity index is 2.09. The molecule has 6 nitrogen and oxygen atoms in total. The zero-order chi connectivity index (χ0) is 22.6. The molecule has 1 aliphatic carbocycles. The molecular formula is C21H19ClF2N2O4S. The fourth-order valence-corrected chi connectivity index (χ4v) is 6.99. The number of hydrogen-bond donors (Lipinski definition) is 2. The van der Waals surface area contributed by atoms with Gasteiger partial charge >= 0.3 is 0 Å². The van der Waals surface area contributed by atoms with Crippen molar-refractivity contribution in [1.29, 1.82) is 0 Å². The minimum absolute atomic E-state index is 0.000555. The van der Waals surface area contributed by atoms with Crippen molar-refractivity contribution in [1.82, 2.24) is 5.32 Å². The summed E-state index contributed by atoms with van der Waals surface area (Å²) in [6, 6.07) is 7.14. The minimum atomic E-state index is -4.37. The molecule has 2 aromatic rings. The van der Waals surface area contributed by atoms with Crippen LogP contribution in [-0.2, 0) is 19.4 Å². The van der Waals surface area contributed by atoms with E-state index in [9.17, 15) is 17.6 Å². The van der Waals surface area contributed by atoms with Crippen LogP contribution >= 0.6 is 11.6 Å². The number of benzene rings is 2. The number of sulfone groups is 1. The van der Waals surface area contributed by atoms with Crippen LogP contribution in [0.4, 0.5) is 8.78 Å². The molecule has 2 atom stereocenters. The molecule has 2 aromatic carbocycles. The lowest BCUT2D eigenvalue weighted by molar-refractivity contribution is -0.118. The lowest BCUT2D eigenvalue weighted by atomic mass is 9.71. The number of nitrogens with one attached hydrogen (secondary N) is 1. The number of nitrogens with two attached hydrogens (primary N) is 1. The molecule has 1 aliphatic heterocycles. The SMILES string of the molecule is CNC(=O)C1=C(N)CC[C@@]2(S(=O)(=O)c3ccc(Cl)cc3)c3c(F)ccc(F)c3OCC12. The van der Waals surface area contributed by atoms with Gasteiger partial charge in [0, 0.05) is 29.3 Å². The summed E-state index contributed by atoms with van der Waals surface area (Å²) in [6.07, 6.45) is -0.146. The second-order valence-electron chi connectivity index (χ2n) is 7.46. The van der Waals surface area contributed by atoms with E-state index in [1.807, 2.05) is 0 Å². The van der Waals surface area contributed by atoms with E-state index in [1.54, 1.807) is 0 Å². The molecule has 1 amide bonds. The number of amides is 1. The van der Waals surface area contributed by atoms with E-state index >= 15 is 4.39 Å². The number of halogens is 3. The molecule has 0 aromatic heterocycles. The van der Waals surface area contributed by atoms with E-state index in [1.165, 1.54) is 31.3 Å². The standard InChI is InChI=1S/C21H19ClF2N2O4S/c1-26-20(27)17-13-10-30-19-15(24)7-6-14(23)18(19)21(13,9-8-16(17)25)31(28,29)12-4-2-11(22)3-5-12/h2-7,13H,8-10,25H2,1H3,(H,26,27)/t13?,21-/m0/s1. The van der Waals surface area contributed by atoms with Crippen molar-refractivity contribution >= 4 is 27.3 Å². The molecule has 2 aliphatic rings. The monoisotopic (exact) mass is 468 g/mol. The number of ether oxygens (including phenoxy) is 1. The van der Waals surface area contributed by atoms with Crippen molar-refractivity contribution < 1.29 is 26.7 Å². The largest absolute Gasteiger partial charge is 0.489 e. The van der Waals surface area contributed by atoms with Gasteiger partial charge in [-0.15, -0.1) is 0 Å². The molecule has 0 radical (unpaired) electrons. The van der Waals surface area contributed by atoms with Crippen molar-refractivity contribution in [2.45, 2.75) is 22.5 Å². The van der Waals surface area contributed by atoms with Gasteiger partial charge in [0.2, 0.25) is 5.91 Å². The van der Waals surface area contributed by atoms with Gasteiger partial charge in [-0.05, 0) is 49.2 Å².